The van der Waals surface area contributed by atoms with Gasteiger partial charge in [0.15, 0.2) is 0 Å². The van der Waals surface area contributed by atoms with Gasteiger partial charge in [0.1, 0.15) is 0 Å². The highest BCUT2D eigenvalue weighted by Gasteiger charge is 2.16. The molecule has 53 heavy (non-hydrogen) atoms. The quantitative estimate of drug-likeness (QED) is 0.162. The average Bonchev–Trinajstić information content (AvgIpc) is 3.51. The highest BCUT2D eigenvalue weighted by molar-refractivity contribution is 6.20. The van der Waals surface area contributed by atoms with Crippen molar-refractivity contribution in [2.45, 2.75) is 53.9 Å². The average molecular weight is 696 g/mol. The zero-order chi connectivity index (χ0) is 38.2. The number of rotatable bonds is 3. The summed E-state index contributed by atoms with van der Waals surface area (Å²) in [6, 6.07) is 49.5. The molecule has 1 aromatic heterocycles. The van der Waals surface area contributed by atoms with Crippen molar-refractivity contribution < 1.29 is 0 Å². The number of hydrogen-bond acceptors (Lipinski definition) is 0. The van der Waals surface area contributed by atoms with E-state index in [0.29, 0.717) is 11.8 Å². The number of fused-ring (bicyclic) bond motifs is 5. The maximum absolute atomic E-state index is 3.00. The number of allylic oxidation sites excluding steroid dienone is 6. The Morgan fingerprint density at radius 2 is 1.25 bits per heavy atom. The van der Waals surface area contributed by atoms with E-state index in [0.717, 1.165) is 6.42 Å². The zero-order valence-electron chi connectivity index (χ0n) is 32.9. The number of aromatic nitrogens is 1. The Hall–Kier alpha value is -5.66. The molecule has 0 bridgehead atoms. The van der Waals surface area contributed by atoms with E-state index in [-0.39, 0.29) is 0 Å². The van der Waals surface area contributed by atoms with Crippen LogP contribution in [0, 0.1) is 19.8 Å². The number of hydrogen-bond donors (Lipinski definition) is 0. The van der Waals surface area contributed by atoms with Gasteiger partial charge in [-0.3, -0.25) is 0 Å². The van der Waals surface area contributed by atoms with E-state index in [1.807, 2.05) is 50.3 Å². The maximum Gasteiger partial charge on any atom is 0.0495 e. The van der Waals surface area contributed by atoms with Crippen LogP contribution in [-0.4, -0.2) is 4.57 Å². The molecule has 0 spiro atoms. The van der Waals surface area contributed by atoms with Crippen molar-refractivity contribution in [3.63, 3.8) is 0 Å². The lowest BCUT2D eigenvalue weighted by Gasteiger charge is -2.18. The second-order valence-corrected chi connectivity index (χ2v) is 13.6. The molecule has 1 aliphatic carbocycles. The Kier molecular flexibility index (Phi) is 15.4. The third-order valence-corrected chi connectivity index (χ3v) is 9.54. The molecule has 0 amide bonds. The number of benzene rings is 6. The lowest BCUT2D eigenvalue weighted by molar-refractivity contribution is 0.751. The fraction of sp³-hybridized carbons (Fsp3) is 0.192. The largest absolute Gasteiger partial charge is 0.344 e. The van der Waals surface area contributed by atoms with E-state index in [1.165, 1.54) is 66.0 Å². The van der Waals surface area contributed by atoms with E-state index in [2.05, 4.69) is 186 Å². The van der Waals surface area contributed by atoms with Gasteiger partial charge in [-0.05, 0) is 85.2 Å². The first kappa shape index (κ1) is 40.1. The third kappa shape index (κ3) is 10.7. The van der Waals surface area contributed by atoms with Crippen LogP contribution >= 0.6 is 0 Å². The van der Waals surface area contributed by atoms with Gasteiger partial charge >= 0.3 is 0 Å². The molecule has 6 aromatic carbocycles. The van der Waals surface area contributed by atoms with E-state index >= 15 is 0 Å². The van der Waals surface area contributed by atoms with Crippen molar-refractivity contribution in [2.75, 3.05) is 0 Å². The summed E-state index contributed by atoms with van der Waals surface area (Å²) in [4.78, 5) is 0. The lowest BCUT2D eigenvalue weighted by atomic mass is 9.87. The van der Waals surface area contributed by atoms with Crippen LogP contribution in [0.1, 0.15) is 56.7 Å². The first-order valence-corrected chi connectivity index (χ1v) is 18.8. The van der Waals surface area contributed by atoms with Gasteiger partial charge < -0.3 is 4.57 Å². The Morgan fingerprint density at radius 3 is 1.83 bits per heavy atom. The maximum atomic E-state index is 3.00. The van der Waals surface area contributed by atoms with Crippen molar-refractivity contribution in [2.24, 2.45) is 13.0 Å². The third-order valence-electron chi connectivity index (χ3n) is 9.54. The molecule has 0 N–H and O–H groups in total. The standard InChI is InChI=1S/C26H25N.C13H12.C7H8.C4H8.C2H4/c1-17(2)18-8-10-19(11-9-18)21-12-14-23-25(16-21)27(3)24-15-13-20-6-4-5-7-22(20)26(23)24;1-11-6-5-9-13(10-11)12-7-3-2-4-8-12;1-7-5-3-2-4-6-7;1-3-4-2;1-2/h4-10,12-17,19H,11H2,1-3H3;2-10H,1H3;2-6H,1H3;3-4H,1-2H3;1-2H2/b;;;4-3-;. The van der Waals surface area contributed by atoms with E-state index in [1.54, 1.807) is 0 Å². The number of aryl methyl sites for hydroxylation is 3. The normalized spacial score (nSPS) is 13.2. The van der Waals surface area contributed by atoms with Gasteiger partial charge in [0, 0.05) is 34.8 Å². The van der Waals surface area contributed by atoms with E-state index in [9.17, 15) is 0 Å². The first-order valence-electron chi connectivity index (χ1n) is 18.8. The molecule has 1 heterocycles. The molecule has 0 radical (unpaired) electrons. The minimum absolute atomic E-state index is 0.478. The Morgan fingerprint density at radius 1 is 0.623 bits per heavy atom. The first-order chi connectivity index (χ1) is 25.8. The van der Waals surface area contributed by atoms with Crippen molar-refractivity contribution in [3.8, 4) is 11.1 Å². The highest BCUT2D eigenvalue weighted by Crippen LogP contribution is 2.37. The predicted octanol–water partition coefficient (Wildman–Crippen LogP) is 15.2. The smallest absolute Gasteiger partial charge is 0.0495 e. The van der Waals surface area contributed by atoms with Gasteiger partial charge in [0.2, 0.25) is 0 Å². The van der Waals surface area contributed by atoms with Crippen molar-refractivity contribution in [3.05, 3.63) is 205 Å². The molecular weight excluding hydrogens is 639 g/mol. The van der Waals surface area contributed by atoms with Gasteiger partial charge in [-0.2, -0.15) is 0 Å². The predicted molar refractivity (Wildman–Crippen MR) is 237 cm³/mol. The molecule has 8 rings (SSSR count). The molecule has 7 aromatic rings. The Balaban J connectivity index is 0.000000199. The van der Waals surface area contributed by atoms with Crippen LogP contribution in [0.3, 0.4) is 0 Å². The molecule has 0 fully saturated rings. The summed E-state index contributed by atoms with van der Waals surface area (Å²) in [5, 5.41) is 5.38. The summed E-state index contributed by atoms with van der Waals surface area (Å²) < 4.78 is 2.35. The monoisotopic (exact) mass is 695 g/mol. The minimum Gasteiger partial charge on any atom is -0.344 e. The van der Waals surface area contributed by atoms with Crippen LogP contribution in [0.5, 0.6) is 0 Å². The van der Waals surface area contributed by atoms with Crippen molar-refractivity contribution >= 4 is 32.6 Å². The topological polar surface area (TPSA) is 4.93 Å². The summed E-state index contributed by atoms with van der Waals surface area (Å²) >= 11 is 0. The van der Waals surface area contributed by atoms with Gasteiger partial charge in [-0.25, -0.2) is 0 Å². The molecule has 1 unspecified atom stereocenters. The summed E-state index contributed by atoms with van der Waals surface area (Å²) in [5.74, 6) is 1.09. The van der Waals surface area contributed by atoms with Crippen LogP contribution < -0.4 is 0 Å². The highest BCUT2D eigenvalue weighted by atomic mass is 14.9. The van der Waals surface area contributed by atoms with Gasteiger partial charge in [0.05, 0.1) is 0 Å². The lowest BCUT2D eigenvalue weighted by Crippen LogP contribution is -2.02. The molecule has 1 heteroatoms. The Labute approximate surface area is 319 Å². The van der Waals surface area contributed by atoms with Gasteiger partial charge in [0.25, 0.3) is 0 Å². The molecule has 0 saturated carbocycles. The fourth-order valence-electron chi connectivity index (χ4n) is 6.52. The second-order valence-electron chi connectivity index (χ2n) is 13.6. The Bertz CT molecular complexity index is 2260. The van der Waals surface area contributed by atoms with Crippen LogP contribution in [0.15, 0.2) is 189 Å². The van der Waals surface area contributed by atoms with Crippen LogP contribution in [0.25, 0.3) is 43.7 Å². The van der Waals surface area contributed by atoms with E-state index in [4.69, 9.17) is 0 Å². The molecule has 1 atom stereocenters. The summed E-state index contributed by atoms with van der Waals surface area (Å²) in [5.41, 5.74) is 10.7. The summed E-state index contributed by atoms with van der Waals surface area (Å²) in [7, 11) is 2.19. The van der Waals surface area contributed by atoms with Crippen LogP contribution in [0.2, 0.25) is 0 Å². The van der Waals surface area contributed by atoms with Crippen molar-refractivity contribution in [1.29, 1.82) is 0 Å². The SMILES string of the molecule is C/C=C\C.C=C.CC(C)C1=CCC(c2ccc3c4c5ccccc5ccc4n(C)c3c2)C=C1.Cc1cccc(-c2ccccc2)c1.Cc1ccccc1. The fourth-order valence-corrected chi connectivity index (χ4v) is 6.52. The molecule has 1 nitrogen and oxygen atoms in total. The summed E-state index contributed by atoms with van der Waals surface area (Å²) in [6.07, 6.45) is 12.2. The van der Waals surface area contributed by atoms with Gasteiger partial charge in [-0.15, -0.1) is 13.2 Å². The second kappa shape index (κ2) is 20.4. The zero-order valence-corrected chi connectivity index (χ0v) is 32.9. The molecule has 0 saturated heterocycles. The van der Waals surface area contributed by atoms with Gasteiger partial charge in [-0.1, -0.05) is 183 Å². The van der Waals surface area contributed by atoms with Crippen LogP contribution in [-0.2, 0) is 7.05 Å². The number of nitrogens with zero attached hydrogens (tertiary/aromatic N) is 1. The molecule has 0 aliphatic heterocycles. The molecule has 270 valence electrons. The minimum atomic E-state index is 0.478. The van der Waals surface area contributed by atoms with Crippen LogP contribution in [0.4, 0.5) is 0 Å². The molecular formula is C52H57N. The summed E-state index contributed by atoms with van der Waals surface area (Å²) in [6.45, 7) is 18.7. The van der Waals surface area contributed by atoms with Crippen molar-refractivity contribution in [1.82, 2.24) is 4.57 Å². The van der Waals surface area contributed by atoms with E-state index < -0.39 is 0 Å². The molecule has 1 aliphatic rings.